The molecule has 0 spiro atoms. The minimum absolute atomic E-state index is 0.0454. The van der Waals surface area contributed by atoms with Gasteiger partial charge < -0.3 is 20.5 Å². The van der Waals surface area contributed by atoms with Gasteiger partial charge in [0, 0.05) is 18.8 Å². The first kappa shape index (κ1) is 14.8. The minimum Gasteiger partial charge on any atom is -0.399 e. The van der Waals surface area contributed by atoms with Crippen molar-refractivity contribution in [2.75, 3.05) is 32.0 Å². The molecule has 5 heteroatoms. The van der Waals surface area contributed by atoms with Crippen molar-refractivity contribution in [1.29, 1.82) is 0 Å². The molecule has 1 aliphatic heterocycles. The Hall–Kier alpha value is -1.59. The lowest BCUT2D eigenvalue weighted by Gasteiger charge is -2.37. The molecule has 1 aromatic carbocycles. The summed E-state index contributed by atoms with van der Waals surface area (Å²) in [6, 6.07) is 7.38. The van der Waals surface area contributed by atoms with Crippen LogP contribution in [0.5, 0.6) is 0 Å². The molecule has 20 heavy (non-hydrogen) atoms. The highest BCUT2D eigenvalue weighted by Gasteiger charge is 2.35. The molecule has 110 valence electrons. The molecule has 3 N–H and O–H groups in total. The van der Waals surface area contributed by atoms with Crippen molar-refractivity contribution in [3.05, 3.63) is 29.8 Å². The lowest BCUT2D eigenvalue weighted by molar-refractivity contribution is -0.145. The average molecular weight is 278 g/mol. The molecule has 1 unspecified atom stereocenters. The third kappa shape index (κ3) is 2.94. The second-order valence-electron chi connectivity index (χ2n) is 5.67. The molecule has 1 atom stereocenters. The predicted octanol–water partition coefficient (Wildman–Crippen LogP) is 0.766. The van der Waals surface area contributed by atoms with Crippen molar-refractivity contribution in [1.82, 2.24) is 4.90 Å². The molecule has 1 saturated heterocycles. The number of nitrogens with two attached hydrogens (primary N) is 1. The summed E-state index contributed by atoms with van der Waals surface area (Å²) < 4.78 is 5.38. The first-order valence-corrected chi connectivity index (χ1v) is 6.83. The number of benzene rings is 1. The summed E-state index contributed by atoms with van der Waals surface area (Å²) >= 11 is 0. The Morgan fingerprint density at radius 3 is 2.70 bits per heavy atom. The third-order valence-corrected chi connectivity index (χ3v) is 3.80. The number of carbonyl (C=O) groups is 1. The maximum absolute atomic E-state index is 12.7. The minimum atomic E-state index is -0.620. The average Bonchev–Trinajstić information content (AvgIpc) is 2.47. The molecule has 1 amide bonds. The zero-order valence-corrected chi connectivity index (χ0v) is 12.0. The Kier molecular flexibility index (Phi) is 4.30. The van der Waals surface area contributed by atoms with Crippen molar-refractivity contribution in [2.24, 2.45) is 0 Å². The first-order chi connectivity index (χ1) is 9.45. The highest BCUT2D eigenvalue weighted by atomic mass is 16.5. The molecule has 5 nitrogen and oxygen atoms in total. The Morgan fingerprint density at radius 1 is 1.45 bits per heavy atom. The van der Waals surface area contributed by atoms with E-state index in [9.17, 15) is 4.79 Å². The van der Waals surface area contributed by atoms with E-state index in [1.807, 2.05) is 26.0 Å². The smallest absolute Gasteiger partial charge is 0.232 e. The van der Waals surface area contributed by atoms with Crippen molar-refractivity contribution >= 4 is 11.6 Å². The summed E-state index contributed by atoms with van der Waals surface area (Å²) in [5, 5.41) is 9.16. The largest absolute Gasteiger partial charge is 0.399 e. The third-order valence-electron chi connectivity index (χ3n) is 3.80. The van der Waals surface area contributed by atoms with Gasteiger partial charge in [-0.15, -0.1) is 0 Å². The maximum Gasteiger partial charge on any atom is 0.232 e. The number of amides is 1. The van der Waals surface area contributed by atoms with E-state index < -0.39 is 5.41 Å². The molecule has 2 rings (SSSR count). The number of hydrogen-bond donors (Lipinski definition) is 2. The van der Waals surface area contributed by atoms with E-state index in [0.29, 0.717) is 25.4 Å². The number of aliphatic hydroxyl groups is 1. The van der Waals surface area contributed by atoms with Crippen LogP contribution < -0.4 is 5.73 Å². The van der Waals surface area contributed by atoms with Gasteiger partial charge in [-0.3, -0.25) is 4.79 Å². The summed E-state index contributed by atoms with van der Waals surface area (Å²) in [4.78, 5) is 14.5. The Balaban J connectivity index is 2.16. The SMILES string of the molecule is CC(C)(C(=O)N1CCOC(CO)C1)c1ccc(N)cc1. The van der Waals surface area contributed by atoms with Crippen molar-refractivity contribution in [3.8, 4) is 0 Å². The number of nitrogens with zero attached hydrogens (tertiary/aromatic N) is 1. The van der Waals surface area contributed by atoms with Crippen LogP contribution in [-0.4, -0.2) is 48.3 Å². The van der Waals surface area contributed by atoms with Crippen LogP contribution in [0, 0.1) is 0 Å². The fourth-order valence-electron chi connectivity index (χ4n) is 2.43. The van der Waals surface area contributed by atoms with Gasteiger partial charge in [0.25, 0.3) is 0 Å². The zero-order chi connectivity index (χ0) is 14.8. The van der Waals surface area contributed by atoms with Crippen molar-refractivity contribution < 1.29 is 14.6 Å². The fourth-order valence-corrected chi connectivity index (χ4v) is 2.43. The van der Waals surface area contributed by atoms with Gasteiger partial charge in [0.05, 0.1) is 24.7 Å². The Morgan fingerprint density at radius 2 is 2.10 bits per heavy atom. The normalized spacial score (nSPS) is 19.9. The maximum atomic E-state index is 12.7. The van der Waals surface area contributed by atoms with E-state index in [4.69, 9.17) is 15.6 Å². The van der Waals surface area contributed by atoms with Gasteiger partial charge in [0.15, 0.2) is 0 Å². The second kappa shape index (κ2) is 5.81. The number of aliphatic hydroxyl groups excluding tert-OH is 1. The molecule has 0 bridgehead atoms. The Labute approximate surface area is 119 Å². The summed E-state index contributed by atoms with van der Waals surface area (Å²) in [7, 11) is 0. The quantitative estimate of drug-likeness (QED) is 0.801. The molecule has 0 aromatic heterocycles. The standard InChI is InChI=1S/C15H22N2O3/c1-15(2,11-3-5-12(16)6-4-11)14(19)17-7-8-20-13(9-17)10-18/h3-6,13,18H,7-10,16H2,1-2H3. The topological polar surface area (TPSA) is 75.8 Å². The molecule has 0 saturated carbocycles. The zero-order valence-electron chi connectivity index (χ0n) is 12.0. The molecule has 1 aromatic rings. The lowest BCUT2D eigenvalue weighted by Crippen LogP contribution is -2.52. The van der Waals surface area contributed by atoms with Crippen LogP contribution in [0.15, 0.2) is 24.3 Å². The number of ether oxygens (including phenoxy) is 1. The summed E-state index contributed by atoms with van der Waals surface area (Å²) in [5.41, 5.74) is 6.68. The van der Waals surface area contributed by atoms with Crippen LogP contribution in [-0.2, 0) is 14.9 Å². The van der Waals surface area contributed by atoms with Crippen LogP contribution >= 0.6 is 0 Å². The van der Waals surface area contributed by atoms with Crippen LogP contribution in [0.1, 0.15) is 19.4 Å². The van der Waals surface area contributed by atoms with Gasteiger partial charge in [-0.25, -0.2) is 0 Å². The van der Waals surface area contributed by atoms with Crippen LogP contribution in [0.25, 0.3) is 0 Å². The number of nitrogen functional groups attached to an aromatic ring is 1. The summed E-state index contributed by atoms with van der Waals surface area (Å²) in [6.45, 7) is 5.22. The van der Waals surface area contributed by atoms with Gasteiger partial charge in [0.2, 0.25) is 5.91 Å². The molecular weight excluding hydrogens is 256 g/mol. The second-order valence-corrected chi connectivity index (χ2v) is 5.67. The monoisotopic (exact) mass is 278 g/mol. The van der Waals surface area contributed by atoms with Gasteiger partial charge in [-0.05, 0) is 31.5 Å². The van der Waals surface area contributed by atoms with E-state index in [1.54, 1.807) is 17.0 Å². The van der Waals surface area contributed by atoms with Gasteiger partial charge in [-0.1, -0.05) is 12.1 Å². The van der Waals surface area contributed by atoms with E-state index in [0.717, 1.165) is 5.56 Å². The van der Waals surface area contributed by atoms with E-state index >= 15 is 0 Å². The van der Waals surface area contributed by atoms with Crippen LogP contribution in [0.2, 0.25) is 0 Å². The fraction of sp³-hybridized carbons (Fsp3) is 0.533. The van der Waals surface area contributed by atoms with Gasteiger partial charge in [0.1, 0.15) is 0 Å². The van der Waals surface area contributed by atoms with Gasteiger partial charge in [-0.2, -0.15) is 0 Å². The highest BCUT2D eigenvalue weighted by molar-refractivity contribution is 5.87. The predicted molar refractivity (Wildman–Crippen MR) is 77.3 cm³/mol. The number of rotatable bonds is 3. The molecule has 0 aliphatic carbocycles. The number of hydrogen-bond acceptors (Lipinski definition) is 4. The lowest BCUT2D eigenvalue weighted by atomic mass is 9.83. The molecule has 1 aliphatic rings. The van der Waals surface area contributed by atoms with E-state index in [2.05, 4.69) is 0 Å². The summed E-state index contributed by atoms with van der Waals surface area (Å²) in [6.07, 6.45) is -0.282. The molecule has 1 fully saturated rings. The van der Waals surface area contributed by atoms with E-state index in [1.165, 1.54) is 0 Å². The van der Waals surface area contributed by atoms with E-state index in [-0.39, 0.29) is 18.6 Å². The first-order valence-electron chi connectivity index (χ1n) is 6.83. The Bertz CT molecular complexity index is 471. The highest BCUT2D eigenvalue weighted by Crippen LogP contribution is 2.27. The number of carbonyl (C=O) groups excluding carboxylic acids is 1. The van der Waals surface area contributed by atoms with Crippen molar-refractivity contribution in [3.63, 3.8) is 0 Å². The van der Waals surface area contributed by atoms with Gasteiger partial charge >= 0.3 is 0 Å². The van der Waals surface area contributed by atoms with Crippen LogP contribution in [0.4, 0.5) is 5.69 Å². The number of anilines is 1. The molecule has 1 heterocycles. The van der Waals surface area contributed by atoms with Crippen molar-refractivity contribution in [2.45, 2.75) is 25.4 Å². The molecular formula is C15H22N2O3. The number of morpholine rings is 1. The van der Waals surface area contributed by atoms with Crippen LogP contribution in [0.3, 0.4) is 0 Å². The summed E-state index contributed by atoms with van der Waals surface area (Å²) in [5.74, 6) is 0.0454. The molecule has 0 radical (unpaired) electrons.